The second-order valence-corrected chi connectivity index (χ2v) is 3.52. The molecule has 0 bridgehead atoms. The lowest BCUT2D eigenvalue weighted by Crippen LogP contribution is -2.17. The van der Waals surface area contributed by atoms with E-state index in [4.69, 9.17) is 4.74 Å². The Hall–Kier alpha value is -1.35. The first kappa shape index (κ1) is 11.7. The Bertz CT molecular complexity index is 336. The van der Waals surface area contributed by atoms with Gasteiger partial charge in [-0.1, -0.05) is 6.92 Å². The molecule has 1 aromatic rings. The van der Waals surface area contributed by atoms with Gasteiger partial charge in [-0.15, -0.1) is 0 Å². The first-order valence-electron chi connectivity index (χ1n) is 5.02. The zero-order chi connectivity index (χ0) is 11.3. The molecule has 0 aromatic heterocycles. The zero-order valence-electron chi connectivity index (χ0n) is 9.49. The van der Waals surface area contributed by atoms with E-state index in [0.717, 1.165) is 30.7 Å². The van der Waals surface area contributed by atoms with Gasteiger partial charge in [-0.3, -0.25) is 4.79 Å². The van der Waals surface area contributed by atoms with Crippen LogP contribution in [-0.4, -0.2) is 31.9 Å². The second kappa shape index (κ2) is 5.51. The summed E-state index contributed by atoms with van der Waals surface area (Å²) in [6.45, 7) is 3.85. The fourth-order valence-electron chi connectivity index (χ4n) is 1.40. The van der Waals surface area contributed by atoms with Crippen LogP contribution in [0.2, 0.25) is 0 Å². The number of carbonyl (C=O) groups excluding carboxylic acids is 1. The summed E-state index contributed by atoms with van der Waals surface area (Å²) in [7, 11) is 3.68. The number of carbonyl (C=O) groups is 1. The van der Waals surface area contributed by atoms with E-state index in [-0.39, 0.29) is 0 Å². The molecule has 0 saturated heterocycles. The average Bonchev–Trinajstić information content (AvgIpc) is 2.28. The van der Waals surface area contributed by atoms with Gasteiger partial charge < -0.3 is 9.64 Å². The monoisotopic (exact) mass is 207 g/mol. The van der Waals surface area contributed by atoms with Crippen LogP contribution in [-0.2, 0) is 6.54 Å². The molecule has 0 aliphatic carbocycles. The summed E-state index contributed by atoms with van der Waals surface area (Å²) in [5.74, 6) is 0.834. The Labute approximate surface area is 90.7 Å². The summed E-state index contributed by atoms with van der Waals surface area (Å²) in [5.41, 5.74) is 1.74. The van der Waals surface area contributed by atoms with Crippen LogP contribution in [0, 0.1) is 0 Å². The largest absolute Gasteiger partial charge is 0.496 e. The van der Waals surface area contributed by atoms with Gasteiger partial charge in [0.2, 0.25) is 0 Å². The van der Waals surface area contributed by atoms with Crippen molar-refractivity contribution < 1.29 is 9.53 Å². The molecule has 0 spiro atoms. The van der Waals surface area contributed by atoms with E-state index in [0.29, 0.717) is 5.56 Å². The third-order valence-electron chi connectivity index (χ3n) is 2.42. The van der Waals surface area contributed by atoms with E-state index < -0.39 is 0 Å². The van der Waals surface area contributed by atoms with Crippen LogP contribution >= 0.6 is 0 Å². The minimum Gasteiger partial charge on any atom is -0.496 e. The summed E-state index contributed by atoms with van der Waals surface area (Å²) >= 11 is 0. The minimum atomic E-state index is 0.690. The molecule has 0 saturated carbocycles. The molecule has 0 amide bonds. The number of benzene rings is 1. The van der Waals surface area contributed by atoms with Crippen LogP contribution in [0.5, 0.6) is 5.75 Å². The molecule has 0 fully saturated rings. The molecule has 1 aromatic carbocycles. The lowest BCUT2D eigenvalue weighted by Gasteiger charge is -2.16. The molecule has 0 heterocycles. The molecule has 0 unspecified atom stereocenters. The van der Waals surface area contributed by atoms with Gasteiger partial charge in [0.1, 0.15) is 12.0 Å². The number of ether oxygens (including phenoxy) is 1. The number of nitrogens with zero attached hydrogens (tertiary/aromatic N) is 1. The zero-order valence-corrected chi connectivity index (χ0v) is 9.49. The van der Waals surface area contributed by atoms with Crippen molar-refractivity contribution in [3.05, 3.63) is 29.3 Å². The van der Waals surface area contributed by atoms with Gasteiger partial charge in [0.25, 0.3) is 0 Å². The van der Waals surface area contributed by atoms with E-state index in [9.17, 15) is 4.79 Å². The highest BCUT2D eigenvalue weighted by molar-refractivity contribution is 5.75. The van der Waals surface area contributed by atoms with Crippen molar-refractivity contribution in [1.82, 2.24) is 4.90 Å². The van der Waals surface area contributed by atoms with Gasteiger partial charge in [-0.2, -0.15) is 0 Å². The van der Waals surface area contributed by atoms with E-state index in [2.05, 4.69) is 11.8 Å². The molecular formula is C12H17NO2. The molecule has 15 heavy (non-hydrogen) atoms. The lowest BCUT2D eigenvalue weighted by molar-refractivity contribution is 0.112. The summed E-state index contributed by atoms with van der Waals surface area (Å²) in [6.07, 6.45) is 0.856. The maximum Gasteiger partial charge on any atom is 0.150 e. The van der Waals surface area contributed by atoms with Crippen molar-refractivity contribution in [2.75, 3.05) is 20.7 Å². The van der Waals surface area contributed by atoms with Crippen molar-refractivity contribution in [2.24, 2.45) is 0 Å². The summed E-state index contributed by atoms with van der Waals surface area (Å²) in [4.78, 5) is 12.8. The Morgan fingerprint density at radius 1 is 1.47 bits per heavy atom. The van der Waals surface area contributed by atoms with Crippen LogP contribution in [0.25, 0.3) is 0 Å². The lowest BCUT2D eigenvalue weighted by atomic mass is 10.1. The topological polar surface area (TPSA) is 29.5 Å². The highest BCUT2D eigenvalue weighted by atomic mass is 16.5. The molecule has 0 N–H and O–H groups in total. The molecule has 82 valence electrons. The summed E-state index contributed by atoms with van der Waals surface area (Å²) in [6, 6.07) is 5.47. The SMILES string of the molecule is CCN(C)Cc1cc(C=O)ccc1OC. The molecule has 0 atom stereocenters. The smallest absolute Gasteiger partial charge is 0.150 e. The van der Waals surface area contributed by atoms with Gasteiger partial charge in [-0.25, -0.2) is 0 Å². The maximum atomic E-state index is 10.7. The highest BCUT2D eigenvalue weighted by Crippen LogP contribution is 2.20. The first-order chi connectivity index (χ1) is 7.21. The Balaban J connectivity index is 2.95. The molecule has 3 nitrogen and oxygen atoms in total. The van der Waals surface area contributed by atoms with E-state index in [1.807, 2.05) is 19.2 Å². The maximum absolute atomic E-state index is 10.7. The van der Waals surface area contributed by atoms with Gasteiger partial charge in [0, 0.05) is 17.7 Å². The molecule has 1 rings (SSSR count). The molecule has 0 aliphatic rings. The van der Waals surface area contributed by atoms with Crippen LogP contribution < -0.4 is 4.74 Å². The molecule has 3 heteroatoms. The van der Waals surface area contributed by atoms with Gasteiger partial charge >= 0.3 is 0 Å². The fourth-order valence-corrected chi connectivity index (χ4v) is 1.40. The average molecular weight is 207 g/mol. The van der Waals surface area contributed by atoms with Crippen LogP contribution in [0.4, 0.5) is 0 Å². The van der Waals surface area contributed by atoms with Crippen LogP contribution in [0.15, 0.2) is 18.2 Å². The molecule has 0 aliphatic heterocycles. The number of hydrogen-bond donors (Lipinski definition) is 0. The highest BCUT2D eigenvalue weighted by Gasteiger charge is 2.06. The van der Waals surface area contributed by atoms with E-state index in [1.54, 1.807) is 13.2 Å². The fraction of sp³-hybridized carbons (Fsp3) is 0.417. The Kier molecular flexibility index (Phi) is 4.31. The number of rotatable bonds is 5. The van der Waals surface area contributed by atoms with E-state index in [1.165, 1.54) is 0 Å². The van der Waals surface area contributed by atoms with Crippen LogP contribution in [0.1, 0.15) is 22.8 Å². The standard InChI is InChI=1S/C12H17NO2/c1-4-13(2)8-11-7-10(9-14)5-6-12(11)15-3/h5-7,9H,4,8H2,1-3H3. The van der Waals surface area contributed by atoms with Gasteiger partial charge in [-0.05, 0) is 31.8 Å². The van der Waals surface area contributed by atoms with Gasteiger partial charge in [0.15, 0.2) is 0 Å². The van der Waals surface area contributed by atoms with Crippen molar-refractivity contribution in [2.45, 2.75) is 13.5 Å². The predicted octanol–water partition coefficient (Wildman–Crippen LogP) is 1.96. The minimum absolute atomic E-state index is 0.690. The Morgan fingerprint density at radius 3 is 2.73 bits per heavy atom. The van der Waals surface area contributed by atoms with Crippen molar-refractivity contribution >= 4 is 6.29 Å². The number of methoxy groups -OCH3 is 1. The van der Waals surface area contributed by atoms with E-state index >= 15 is 0 Å². The predicted molar refractivity (Wildman–Crippen MR) is 60.4 cm³/mol. The number of aldehydes is 1. The third kappa shape index (κ3) is 3.06. The van der Waals surface area contributed by atoms with Crippen molar-refractivity contribution in [3.63, 3.8) is 0 Å². The Morgan fingerprint density at radius 2 is 2.20 bits per heavy atom. The van der Waals surface area contributed by atoms with Crippen molar-refractivity contribution in [3.8, 4) is 5.75 Å². The normalized spacial score (nSPS) is 10.4. The number of hydrogen-bond acceptors (Lipinski definition) is 3. The summed E-state index contributed by atoms with van der Waals surface area (Å²) < 4.78 is 5.25. The van der Waals surface area contributed by atoms with Crippen molar-refractivity contribution in [1.29, 1.82) is 0 Å². The second-order valence-electron chi connectivity index (χ2n) is 3.52. The first-order valence-corrected chi connectivity index (χ1v) is 5.02. The summed E-state index contributed by atoms with van der Waals surface area (Å²) in [5, 5.41) is 0. The third-order valence-corrected chi connectivity index (χ3v) is 2.42. The molecule has 0 radical (unpaired) electrons. The van der Waals surface area contributed by atoms with Gasteiger partial charge in [0.05, 0.1) is 7.11 Å². The molecular weight excluding hydrogens is 190 g/mol. The quantitative estimate of drug-likeness (QED) is 0.691. The van der Waals surface area contributed by atoms with Crippen LogP contribution in [0.3, 0.4) is 0 Å².